The molecule has 0 aliphatic rings. The van der Waals surface area contributed by atoms with Gasteiger partial charge in [-0.2, -0.15) is 0 Å². The fraction of sp³-hybridized carbons (Fsp3) is 0. The highest BCUT2D eigenvalue weighted by molar-refractivity contribution is 6.15. The van der Waals surface area contributed by atoms with Crippen molar-refractivity contribution >= 4 is 87.2 Å². The first kappa shape index (κ1) is 56.6. The van der Waals surface area contributed by atoms with Gasteiger partial charge in [-0.25, -0.2) is 34.9 Å². The minimum atomic E-state index is 0.444. The monoisotopic (exact) mass is 1280 g/mol. The standard InChI is InChI=1S/C89H55N11/c1-5-25-56(26-6-1)84-91-85(57-27-7-2-8-28-57)94-88(93-84)69-48-45-60(51-73(69)89-95-86(58-29-9-3-10-30-58)92-87(96-89)59-31-11-4-12-32-59)70-54-83(100-79-44-24-18-38-68(79)72-53-62(47-50-81(72)100)98-76-41-21-15-35-65(76)66-36-16-22-42-77(66)98)90-55-82(70)99-78-43-23-17-37-67(78)71-52-61(46-49-80(71)99)97-74-39-19-13-33-63(74)64-34-14-20-40-75(64)97/h1-55H. The molecule has 0 saturated carbocycles. The molecular weight excluding hydrogens is 1220 g/mol. The van der Waals surface area contributed by atoms with Gasteiger partial charge in [0.1, 0.15) is 5.82 Å². The van der Waals surface area contributed by atoms with Gasteiger partial charge in [0, 0.05) is 93.4 Å². The summed E-state index contributed by atoms with van der Waals surface area (Å²) in [4.78, 5) is 37.7. The Bertz CT molecular complexity index is 6430. The smallest absolute Gasteiger partial charge is 0.164 e. The molecule has 0 N–H and O–H groups in total. The maximum absolute atomic E-state index is 5.64. The molecule has 20 aromatic rings. The van der Waals surface area contributed by atoms with Gasteiger partial charge in [0.25, 0.3) is 0 Å². The van der Waals surface area contributed by atoms with Crippen LogP contribution in [0.15, 0.2) is 334 Å². The molecule has 11 nitrogen and oxygen atoms in total. The van der Waals surface area contributed by atoms with Gasteiger partial charge in [-0.05, 0) is 96.6 Å². The van der Waals surface area contributed by atoms with Crippen molar-refractivity contribution < 1.29 is 0 Å². The van der Waals surface area contributed by atoms with E-state index >= 15 is 0 Å². The normalized spacial score (nSPS) is 11.8. The van der Waals surface area contributed by atoms with Gasteiger partial charge in [-0.15, -0.1) is 0 Å². The van der Waals surface area contributed by atoms with E-state index in [4.69, 9.17) is 34.9 Å². The van der Waals surface area contributed by atoms with Gasteiger partial charge >= 0.3 is 0 Å². The minimum Gasteiger partial charge on any atom is -0.309 e. The second-order valence-electron chi connectivity index (χ2n) is 25.2. The van der Waals surface area contributed by atoms with Crippen molar-refractivity contribution in [3.8, 4) is 102 Å². The van der Waals surface area contributed by atoms with Crippen molar-refractivity contribution in [3.05, 3.63) is 334 Å². The van der Waals surface area contributed by atoms with Crippen LogP contribution in [0.25, 0.3) is 190 Å². The summed E-state index contributed by atoms with van der Waals surface area (Å²) < 4.78 is 9.49. The van der Waals surface area contributed by atoms with Crippen molar-refractivity contribution in [2.75, 3.05) is 0 Å². The molecular formula is C89H55N11. The summed E-state index contributed by atoms with van der Waals surface area (Å²) in [5, 5.41) is 9.28. The lowest BCUT2D eigenvalue weighted by Gasteiger charge is -2.18. The van der Waals surface area contributed by atoms with Crippen LogP contribution in [0.4, 0.5) is 0 Å². The van der Waals surface area contributed by atoms with Crippen LogP contribution in [0.3, 0.4) is 0 Å². The summed E-state index contributed by atoms with van der Waals surface area (Å²) in [6, 6.07) is 115. The number of hydrogen-bond acceptors (Lipinski definition) is 7. The second kappa shape index (κ2) is 23.0. The van der Waals surface area contributed by atoms with Gasteiger partial charge < -0.3 is 13.7 Å². The number of para-hydroxylation sites is 6. The molecule has 11 heteroatoms. The van der Waals surface area contributed by atoms with Gasteiger partial charge in [-0.3, -0.25) is 4.57 Å². The van der Waals surface area contributed by atoms with Gasteiger partial charge in [0.15, 0.2) is 34.9 Å². The number of benzene rings is 13. The molecule has 0 unspecified atom stereocenters. The van der Waals surface area contributed by atoms with Crippen LogP contribution >= 0.6 is 0 Å². The van der Waals surface area contributed by atoms with Gasteiger partial charge in [-0.1, -0.05) is 237 Å². The van der Waals surface area contributed by atoms with Crippen molar-refractivity contribution in [1.29, 1.82) is 0 Å². The quantitative estimate of drug-likeness (QED) is 0.127. The van der Waals surface area contributed by atoms with E-state index in [1.165, 1.54) is 21.5 Å². The summed E-state index contributed by atoms with van der Waals surface area (Å²) in [5.41, 5.74) is 18.3. The van der Waals surface area contributed by atoms with E-state index in [2.05, 4.69) is 231 Å². The number of fused-ring (bicyclic) bond motifs is 12. The van der Waals surface area contributed by atoms with Crippen LogP contribution in [0.2, 0.25) is 0 Å². The predicted molar refractivity (Wildman–Crippen MR) is 406 cm³/mol. The van der Waals surface area contributed by atoms with E-state index in [9.17, 15) is 0 Å². The van der Waals surface area contributed by atoms with E-state index in [1.807, 2.05) is 121 Å². The third kappa shape index (κ3) is 9.17. The molecule has 100 heavy (non-hydrogen) atoms. The Kier molecular flexibility index (Phi) is 13.0. The Morgan fingerprint density at radius 2 is 0.500 bits per heavy atom. The van der Waals surface area contributed by atoms with E-state index in [1.54, 1.807) is 0 Å². The van der Waals surface area contributed by atoms with Crippen LogP contribution < -0.4 is 0 Å². The summed E-state index contributed by atoms with van der Waals surface area (Å²) in [7, 11) is 0. The molecule has 0 radical (unpaired) electrons. The lowest BCUT2D eigenvalue weighted by molar-refractivity contribution is 1.05. The number of pyridine rings is 1. The zero-order valence-electron chi connectivity index (χ0n) is 53.7. The Labute approximate surface area is 573 Å². The molecule has 0 atom stereocenters. The molecule has 0 aliphatic carbocycles. The third-order valence-corrected chi connectivity index (χ3v) is 19.5. The number of aromatic nitrogens is 11. The zero-order valence-corrected chi connectivity index (χ0v) is 53.7. The highest BCUT2D eigenvalue weighted by Crippen LogP contribution is 2.44. The van der Waals surface area contributed by atoms with Crippen LogP contribution in [-0.4, -0.2) is 53.2 Å². The van der Waals surface area contributed by atoms with Crippen molar-refractivity contribution in [3.63, 3.8) is 0 Å². The first-order valence-corrected chi connectivity index (χ1v) is 33.5. The Morgan fingerprint density at radius 3 is 0.900 bits per heavy atom. The lowest BCUT2D eigenvalue weighted by Crippen LogP contribution is -2.05. The number of rotatable bonds is 11. The second-order valence-corrected chi connectivity index (χ2v) is 25.2. The van der Waals surface area contributed by atoms with Crippen LogP contribution in [0.5, 0.6) is 0 Å². The van der Waals surface area contributed by atoms with Crippen LogP contribution in [-0.2, 0) is 0 Å². The van der Waals surface area contributed by atoms with Crippen LogP contribution in [0, 0.1) is 0 Å². The highest BCUT2D eigenvalue weighted by Gasteiger charge is 2.26. The fourth-order valence-corrected chi connectivity index (χ4v) is 15.0. The van der Waals surface area contributed by atoms with Crippen molar-refractivity contribution in [2.24, 2.45) is 0 Å². The maximum atomic E-state index is 5.64. The largest absolute Gasteiger partial charge is 0.309 e. The predicted octanol–water partition coefficient (Wildman–Crippen LogP) is 21.5. The molecule has 0 spiro atoms. The first-order valence-electron chi connectivity index (χ1n) is 33.5. The van der Waals surface area contributed by atoms with Crippen molar-refractivity contribution in [2.45, 2.75) is 0 Å². The number of hydrogen-bond donors (Lipinski definition) is 0. The molecule has 0 fully saturated rings. The van der Waals surface area contributed by atoms with Gasteiger partial charge in [0.2, 0.25) is 0 Å². The molecule has 466 valence electrons. The maximum Gasteiger partial charge on any atom is 0.164 e. The lowest BCUT2D eigenvalue weighted by atomic mass is 9.97. The molecule has 0 amide bonds. The SMILES string of the molecule is c1ccc(-c2nc(-c3ccccc3)nc(-c3ccc(-c4cc(-n5c6ccccc6c6cc(-n7c8ccccc8c8ccccc87)ccc65)ncc4-n4c5ccccc5c5cc(-n6c7ccccc7c7ccccc76)ccc54)cc3-c3nc(-c4ccccc4)nc(-c4ccccc4)n3)n2)cc1. The Balaban J connectivity index is 0.864. The molecule has 13 aromatic carbocycles. The first-order chi connectivity index (χ1) is 49.6. The van der Waals surface area contributed by atoms with Crippen LogP contribution in [0.1, 0.15) is 0 Å². The van der Waals surface area contributed by atoms with E-state index in [0.717, 1.165) is 122 Å². The molecule has 7 heterocycles. The Hall–Kier alpha value is -13.8. The molecule has 0 bridgehead atoms. The average molecular weight is 1280 g/mol. The van der Waals surface area contributed by atoms with E-state index < -0.39 is 0 Å². The zero-order chi connectivity index (χ0) is 65.8. The third-order valence-electron chi connectivity index (χ3n) is 19.5. The van der Waals surface area contributed by atoms with E-state index in [-0.39, 0.29) is 0 Å². The van der Waals surface area contributed by atoms with Crippen molar-refractivity contribution in [1.82, 2.24) is 53.2 Å². The highest BCUT2D eigenvalue weighted by atomic mass is 15.1. The summed E-state index contributed by atoms with van der Waals surface area (Å²) in [5.74, 6) is 3.76. The average Bonchev–Trinajstić information content (AvgIpc) is 1.55. The fourth-order valence-electron chi connectivity index (χ4n) is 15.0. The Morgan fingerprint density at radius 1 is 0.190 bits per heavy atom. The molecule has 0 aliphatic heterocycles. The summed E-state index contributed by atoms with van der Waals surface area (Å²) in [6.45, 7) is 0. The van der Waals surface area contributed by atoms with Gasteiger partial charge in [0.05, 0.1) is 56.0 Å². The summed E-state index contributed by atoms with van der Waals surface area (Å²) in [6.07, 6.45) is 2.06. The summed E-state index contributed by atoms with van der Waals surface area (Å²) >= 11 is 0. The topological polar surface area (TPSA) is 110 Å². The molecule has 20 rings (SSSR count). The molecule has 7 aromatic heterocycles. The molecule has 0 saturated heterocycles. The van der Waals surface area contributed by atoms with E-state index in [0.29, 0.717) is 46.1 Å². The number of nitrogens with zero attached hydrogens (tertiary/aromatic N) is 11. The minimum absolute atomic E-state index is 0.444.